The van der Waals surface area contributed by atoms with Crippen molar-refractivity contribution in [3.8, 4) is 0 Å². The van der Waals surface area contributed by atoms with Crippen LogP contribution in [0.25, 0.3) is 0 Å². The Balaban J connectivity index is 0. The van der Waals surface area contributed by atoms with Crippen molar-refractivity contribution in [2.45, 2.75) is 0 Å². The first-order valence-corrected chi connectivity index (χ1v) is 0. The Morgan fingerprint density at radius 2 is 0.375 bits per heavy atom. The van der Waals surface area contributed by atoms with E-state index in [4.69, 9.17) is 0 Å². The molecule has 0 saturated heterocycles. The van der Waals surface area contributed by atoms with Crippen LogP contribution in [0.2, 0.25) is 0 Å². The molecule has 0 amide bonds. The van der Waals surface area contributed by atoms with Gasteiger partial charge < -0.3 is 74.4 Å². The van der Waals surface area contributed by atoms with Gasteiger partial charge in [-0.15, -0.1) is 0 Å². The van der Waals surface area contributed by atoms with Crippen molar-refractivity contribution in [1.29, 1.82) is 0 Å². The first-order chi connectivity index (χ1) is 0. The maximum Gasteiger partial charge on any atom is 4.00 e. The van der Waals surface area contributed by atoms with Gasteiger partial charge in [0, 0.05) is 0 Å². The van der Waals surface area contributed by atoms with Gasteiger partial charge in [0.1, 0.15) is 0 Å². The fourth-order valence-corrected chi connectivity index (χ4v) is 0. The average Bonchev–Trinajstić information content (AvgIpc) is 0. The molecule has 0 aromatic rings. The molecule has 0 heterocycles. The molecule has 8 heavy (non-hydrogen) atoms. The molecular formula is Cl6FeTi. The van der Waals surface area contributed by atoms with Crippen molar-refractivity contribution >= 4 is 0 Å². The van der Waals surface area contributed by atoms with Gasteiger partial charge in [0.25, 0.3) is 0 Å². The van der Waals surface area contributed by atoms with Crippen LogP contribution < -0.4 is 74.4 Å². The van der Waals surface area contributed by atoms with Gasteiger partial charge >= 0.3 is 38.8 Å². The van der Waals surface area contributed by atoms with Crippen molar-refractivity contribution in [2.75, 3.05) is 0 Å². The predicted octanol–water partition coefficient (Wildman–Crippen LogP) is -18.0. The Morgan fingerprint density at radius 1 is 0.375 bits per heavy atom. The Morgan fingerprint density at radius 3 is 0.375 bits per heavy atom. The number of hydrogen-bond acceptors (Lipinski definition) is 0. The molecular weight excluding hydrogens is 316 g/mol. The molecule has 8 heteroatoms. The average molecular weight is 316 g/mol. The smallest absolute Gasteiger partial charge is 1.00 e. The van der Waals surface area contributed by atoms with Gasteiger partial charge in [-0.1, -0.05) is 0 Å². The Kier molecular flexibility index (Phi) is 1400. The molecule has 0 spiro atoms. The molecule has 0 aliphatic heterocycles. The van der Waals surface area contributed by atoms with E-state index < -0.39 is 0 Å². The topological polar surface area (TPSA) is 0 Å². The van der Waals surface area contributed by atoms with Gasteiger partial charge in [0.2, 0.25) is 0 Å². The molecule has 0 bridgehead atoms. The van der Waals surface area contributed by atoms with Crippen molar-refractivity contribution in [3.63, 3.8) is 0 Å². The fraction of sp³-hybridized carbons (Fsp3) is 0. The summed E-state index contributed by atoms with van der Waals surface area (Å²) in [6.45, 7) is 0. The predicted molar refractivity (Wildman–Crippen MR) is 0 cm³/mol. The molecule has 0 aromatic heterocycles. The third kappa shape index (κ3) is 64.5. The minimum Gasteiger partial charge on any atom is -1.00 e. The molecule has 0 saturated carbocycles. The molecule has 0 atom stereocenters. The van der Waals surface area contributed by atoms with Gasteiger partial charge in [-0.25, -0.2) is 0 Å². The third-order valence-electron chi connectivity index (χ3n) is 0. The second kappa shape index (κ2) is 90.8. The van der Waals surface area contributed by atoms with Crippen LogP contribution >= 0.6 is 0 Å². The summed E-state index contributed by atoms with van der Waals surface area (Å²) in [5.74, 6) is 0. The van der Waals surface area contributed by atoms with Crippen molar-refractivity contribution < 1.29 is 113 Å². The second-order valence-electron chi connectivity index (χ2n) is 0. The zero-order valence-electron chi connectivity index (χ0n) is 3.12. The SMILES string of the molecule is [Cl-].[Cl-].[Cl-].[Cl-].[Cl-].[Cl-].[Fe+2].[Ti+4]. The Hall–Kier alpha value is 2.97. The van der Waals surface area contributed by atoms with E-state index in [1.165, 1.54) is 0 Å². The molecule has 0 radical (unpaired) electrons. The third-order valence-corrected chi connectivity index (χ3v) is 0. The van der Waals surface area contributed by atoms with E-state index in [1.54, 1.807) is 0 Å². The first-order valence-electron chi connectivity index (χ1n) is 0. The van der Waals surface area contributed by atoms with E-state index in [0.29, 0.717) is 0 Å². The summed E-state index contributed by atoms with van der Waals surface area (Å²) < 4.78 is 0. The van der Waals surface area contributed by atoms with E-state index in [9.17, 15) is 0 Å². The summed E-state index contributed by atoms with van der Waals surface area (Å²) in [5.41, 5.74) is 0. The molecule has 0 aliphatic carbocycles. The maximum atomic E-state index is 0. The van der Waals surface area contributed by atoms with E-state index in [1.807, 2.05) is 0 Å². The fourth-order valence-electron chi connectivity index (χ4n) is 0. The van der Waals surface area contributed by atoms with E-state index in [0.717, 1.165) is 0 Å². The summed E-state index contributed by atoms with van der Waals surface area (Å²) >= 11 is 0. The molecule has 0 aliphatic rings. The van der Waals surface area contributed by atoms with Crippen LogP contribution in [0.3, 0.4) is 0 Å². The summed E-state index contributed by atoms with van der Waals surface area (Å²) in [4.78, 5) is 0. The van der Waals surface area contributed by atoms with Crippen LogP contribution in [-0.2, 0) is 38.8 Å². The second-order valence-corrected chi connectivity index (χ2v) is 0. The molecule has 0 fully saturated rings. The van der Waals surface area contributed by atoms with Crippen molar-refractivity contribution in [1.82, 2.24) is 0 Å². The van der Waals surface area contributed by atoms with E-state index in [2.05, 4.69) is 0 Å². The van der Waals surface area contributed by atoms with Gasteiger partial charge in [-0.05, 0) is 0 Å². The molecule has 0 rings (SSSR count). The molecule has 0 aromatic carbocycles. The van der Waals surface area contributed by atoms with Gasteiger partial charge in [0.05, 0.1) is 0 Å². The molecule has 0 N–H and O–H groups in total. The van der Waals surface area contributed by atoms with Crippen molar-refractivity contribution in [2.24, 2.45) is 0 Å². The summed E-state index contributed by atoms with van der Waals surface area (Å²) in [5, 5.41) is 0. The monoisotopic (exact) mass is 314 g/mol. The molecule has 0 nitrogen and oxygen atoms in total. The van der Waals surface area contributed by atoms with Crippen LogP contribution in [0.4, 0.5) is 0 Å². The zero-order chi connectivity index (χ0) is 0. The number of rotatable bonds is 0. The Labute approximate surface area is 112 Å². The summed E-state index contributed by atoms with van der Waals surface area (Å²) in [7, 11) is 0. The summed E-state index contributed by atoms with van der Waals surface area (Å²) in [6, 6.07) is 0. The number of hydrogen-bond donors (Lipinski definition) is 0. The van der Waals surface area contributed by atoms with Gasteiger partial charge in [-0.3, -0.25) is 0 Å². The Bertz CT molecular complexity index is 8.49. The number of halogens is 6. The van der Waals surface area contributed by atoms with Crippen molar-refractivity contribution in [3.05, 3.63) is 0 Å². The van der Waals surface area contributed by atoms with E-state index in [-0.39, 0.29) is 113 Å². The maximum absolute atomic E-state index is 0. The van der Waals surface area contributed by atoms with Crippen LogP contribution in [0, 0.1) is 0 Å². The first kappa shape index (κ1) is 123. The minimum absolute atomic E-state index is 0. The standard InChI is InChI=1S/6ClH.Fe.Ti/h6*1H;;/q;;;;;;+2;+4/p-6. The van der Waals surface area contributed by atoms with Crippen LogP contribution in [0.15, 0.2) is 0 Å². The van der Waals surface area contributed by atoms with Gasteiger partial charge in [0.15, 0.2) is 0 Å². The zero-order valence-corrected chi connectivity index (χ0v) is 10.3. The molecule has 54 valence electrons. The van der Waals surface area contributed by atoms with E-state index >= 15 is 0 Å². The van der Waals surface area contributed by atoms with Gasteiger partial charge in [-0.2, -0.15) is 0 Å². The van der Waals surface area contributed by atoms with Crippen LogP contribution in [0.5, 0.6) is 0 Å². The van der Waals surface area contributed by atoms with Crippen LogP contribution in [-0.4, -0.2) is 0 Å². The minimum atomic E-state index is 0. The molecule has 0 unspecified atom stereocenters. The largest absolute Gasteiger partial charge is 4.00 e. The van der Waals surface area contributed by atoms with Crippen LogP contribution in [0.1, 0.15) is 0 Å². The summed E-state index contributed by atoms with van der Waals surface area (Å²) in [6.07, 6.45) is 0. The normalized spacial score (nSPS) is 0. The quantitative estimate of drug-likeness (QED) is 0.390.